The first-order chi connectivity index (χ1) is 9.20. The number of halogens is 1. The average molecular weight is 323 g/mol. The fourth-order valence-corrected chi connectivity index (χ4v) is 1.89. The van der Waals surface area contributed by atoms with Crippen LogP contribution >= 0.6 is 11.6 Å². The predicted molar refractivity (Wildman–Crippen MR) is 71.1 cm³/mol. The summed E-state index contributed by atoms with van der Waals surface area (Å²) in [5.74, 6) is -0.740. The number of nitrogens with one attached hydrogen (secondary N) is 2. The molecular formula is C9H11ClN4O5S. The van der Waals surface area contributed by atoms with Crippen molar-refractivity contribution in [2.45, 2.75) is 0 Å². The van der Waals surface area contributed by atoms with Crippen molar-refractivity contribution < 1.29 is 18.1 Å². The van der Waals surface area contributed by atoms with Crippen molar-refractivity contribution in [1.29, 1.82) is 0 Å². The van der Waals surface area contributed by atoms with Crippen LogP contribution in [0.2, 0.25) is 5.15 Å². The molecule has 0 saturated carbocycles. The molecule has 0 fully saturated rings. The maximum absolute atomic E-state index is 11.8. The molecule has 0 aromatic carbocycles. The van der Waals surface area contributed by atoms with Crippen LogP contribution in [0.25, 0.3) is 0 Å². The standard InChI is InChI=1S/C9H11ClN4O5S/c1-20(18,19)13-3-2-11-9(15)6-4-8(10)12-5-7(6)14(16)17/h4-5,13H,2-3H2,1H3,(H,11,15). The molecule has 1 aromatic heterocycles. The minimum Gasteiger partial charge on any atom is -0.350 e. The van der Waals surface area contributed by atoms with E-state index < -0.39 is 26.5 Å². The quantitative estimate of drug-likeness (QED) is 0.326. The Morgan fingerprint density at radius 2 is 2.15 bits per heavy atom. The first-order valence-corrected chi connectivity index (χ1v) is 7.50. The lowest BCUT2D eigenvalue weighted by atomic mass is 10.2. The number of nitrogens with zero attached hydrogens (tertiary/aromatic N) is 2. The lowest BCUT2D eigenvalue weighted by molar-refractivity contribution is -0.385. The Bertz CT molecular complexity index is 633. The summed E-state index contributed by atoms with van der Waals surface area (Å²) in [5.41, 5.74) is -0.725. The fraction of sp³-hybridized carbons (Fsp3) is 0.333. The lowest BCUT2D eigenvalue weighted by Gasteiger charge is -2.06. The molecule has 0 aliphatic rings. The Labute approximate surface area is 119 Å². The summed E-state index contributed by atoms with van der Waals surface area (Å²) >= 11 is 5.58. The molecular weight excluding hydrogens is 312 g/mol. The summed E-state index contributed by atoms with van der Waals surface area (Å²) in [7, 11) is -3.36. The fourth-order valence-electron chi connectivity index (χ4n) is 1.26. The number of hydrogen-bond donors (Lipinski definition) is 2. The number of carbonyl (C=O) groups is 1. The number of rotatable bonds is 6. The van der Waals surface area contributed by atoms with Gasteiger partial charge in [0.05, 0.1) is 11.2 Å². The molecule has 1 rings (SSSR count). The molecule has 110 valence electrons. The Balaban J connectivity index is 2.72. The highest BCUT2D eigenvalue weighted by Crippen LogP contribution is 2.19. The number of sulfonamides is 1. The first-order valence-electron chi connectivity index (χ1n) is 5.23. The van der Waals surface area contributed by atoms with E-state index in [4.69, 9.17) is 11.6 Å². The zero-order valence-electron chi connectivity index (χ0n) is 10.3. The summed E-state index contributed by atoms with van der Waals surface area (Å²) in [6, 6.07) is 1.07. The average Bonchev–Trinajstić information content (AvgIpc) is 2.32. The van der Waals surface area contributed by atoms with Gasteiger partial charge in [-0.05, 0) is 6.07 Å². The smallest absolute Gasteiger partial charge is 0.300 e. The van der Waals surface area contributed by atoms with Gasteiger partial charge in [0.2, 0.25) is 10.0 Å². The van der Waals surface area contributed by atoms with Gasteiger partial charge in [-0.3, -0.25) is 14.9 Å². The highest BCUT2D eigenvalue weighted by molar-refractivity contribution is 7.88. The minimum absolute atomic E-state index is 0.0248. The second kappa shape index (κ2) is 6.59. The van der Waals surface area contributed by atoms with E-state index >= 15 is 0 Å². The summed E-state index contributed by atoms with van der Waals surface area (Å²) in [4.78, 5) is 25.3. The van der Waals surface area contributed by atoms with Crippen molar-refractivity contribution >= 4 is 33.2 Å². The van der Waals surface area contributed by atoms with E-state index in [-0.39, 0.29) is 23.8 Å². The Hall–Kier alpha value is -1.78. The van der Waals surface area contributed by atoms with Gasteiger partial charge in [0.15, 0.2) is 0 Å². The molecule has 0 atom stereocenters. The van der Waals surface area contributed by atoms with Gasteiger partial charge in [0, 0.05) is 13.1 Å². The van der Waals surface area contributed by atoms with E-state index in [0.717, 1.165) is 18.5 Å². The molecule has 0 bridgehead atoms. The topological polar surface area (TPSA) is 131 Å². The lowest BCUT2D eigenvalue weighted by Crippen LogP contribution is -2.34. The zero-order valence-corrected chi connectivity index (χ0v) is 11.9. The third-order valence-corrected chi connectivity index (χ3v) is 3.00. The van der Waals surface area contributed by atoms with Gasteiger partial charge >= 0.3 is 0 Å². The van der Waals surface area contributed by atoms with Gasteiger partial charge in [-0.1, -0.05) is 11.6 Å². The van der Waals surface area contributed by atoms with E-state index in [1.54, 1.807) is 0 Å². The first kappa shape index (κ1) is 16.3. The van der Waals surface area contributed by atoms with Crippen LogP contribution < -0.4 is 10.0 Å². The minimum atomic E-state index is -3.36. The number of aromatic nitrogens is 1. The predicted octanol–water partition coefficient (Wildman–Crippen LogP) is -0.0778. The molecule has 0 aliphatic carbocycles. The Kier molecular flexibility index (Phi) is 5.36. The van der Waals surface area contributed by atoms with Crippen LogP contribution in [-0.2, 0) is 10.0 Å². The van der Waals surface area contributed by atoms with E-state index in [9.17, 15) is 23.3 Å². The largest absolute Gasteiger partial charge is 0.350 e. The molecule has 11 heteroatoms. The number of hydrogen-bond acceptors (Lipinski definition) is 6. The van der Waals surface area contributed by atoms with E-state index in [0.29, 0.717) is 0 Å². The van der Waals surface area contributed by atoms with Crippen LogP contribution in [0, 0.1) is 10.1 Å². The van der Waals surface area contributed by atoms with Crippen molar-refractivity contribution in [2.75, 3.05) is 19.3 Å². The molecule has 1 aromatic rings. The summed E-state index contributed by atoms with van der Waals surface area (Å²) in [6.45, 7) is -0.0554. The van der Waals surface area contributed by atoms with Crippen molar-refractivity contribution in [3.63, 3.8) is 0 Å². The second-order valence-corrected chi connectivity index (χ2v) is 5.92. The van der Waals surface area contributed by atoms with E-state index in [1.165, 1.54) is 0 Å². The van der Waals surface area contributed by atoms with Crippen molar-refractivity contribution in [1.82, 2.24) is 15.0 Å². The maximum atomic E-state index is 11.8. The van der Waals surface area contributed by atoms with Crippen molar-refractivity contribution in [3.05, 3.63) is 33.1 Å². The number of nitro groups is 1. The normalized spacial score (nSPS) is 11.1. The van der Waals surface area contributed by atoms with Crippen molar-refractivity contribution in [2.24, 2.45) is 0 Å². The van der Waals surface area contributed by atoms with Crippen LogP contribution in [-0.4, -0.2) is 43.6 Å². The zero-order chi connectivity index (χ0) is 15.3. The molecule has 0 aliphatic heterocycles. The number of pyridine rings is 1. The van der Waals surface area contributed by atoms with E-state index in [1.807, 2.05) is 0 Å². The molecule has 0 unspecified atom stereocenters. The van der Waals surface area contributed by atoms with Gasteiger partial charge in [0.1, 0.15) is 16.9 Å². The van der Waals surface area contributed by atoms with Crippen LogP contribution in [0.5, 0.6) is 0 Å². The molecule has 0 spiro atoms. The van der Waals surface area contributed by atoms with Gasteiger partial charge in [-0.2, -0.15) is 0 Å². The third-order valence-electron chi connectivity index (χ3n) is 2.07. The molecule has 2 N–H and O–H groups in total. The molecule has 1 amide bonds. The van der Waals surface area contributed by atoms with Crippen molar-refractivity contribution in [3.8, 4) is 0 Å². The highest BCUT2D eigenvalue weighted by Gasteiger charge is 2.21. The SMILES string of the molecule is CS(=O)(=O)NCCNC(=O)c1cc(Cl)ncc1[N+](=O)[O-]. The molecule has 0 saturated heterocycles. The van der Waals surface area contributed by atoms with Crippen LogP contribution in [0.4, 0.5) is 5.69 Å². The second-order valence-electron chi connectivity index (χ2n) is 3.70. The number of carbonyl (C=O) groups excluding carboxylic acids is 1. The van der Waals surface area contributed by atoms with Gasteiger partial charge in [0.25, 0.3) is 11.6 Å². The maximum Gasteiger partial charge on any atom is 0.300 e. The van der Waals surface area contributed by atoms with Crippen LogP contribution in [0.15, 0.2) is 12.3 Å². The molecule has 9 nitrogen and oxygen atoms in total. The van der Waals surface area contributed by atoms with Gasteiger partial charge < -0.3 is 5.32 Å². The van der Waals surface area contributed by atoms with Gasteiger partial charge in [-0.25, -0.2) is 18.1 Å². The number of amides is 1. The third kappa shape index (κ3) is 5.07. The van der Waals surface area contributed by atoms with Gasteiger partial charge in [-0.15, -0.1) is 0 Å². The Morgan fingerprint density at radius 3 is 2.70 bits per heavy atom. The summed E-state index contributed by atoms with van der Waals surface area (Å²) in [6.07, 6.45) is 1.86. The van der Waals surface area contributed by atoms with E-state index in [2.05, 4.69) is 15.0 Å². The molecule has 0 radical (unpaired) electrons. The molecule has 1 heterocycles. The Morgan fingerprint density at radius 1 is 1.50 bits per heavy atom. The van der Waals surface area contributed by atoms with Crippen LogP contribution in [0.1, 0.15) is 10.4 Å². The monoisotopic (exact) mass is 322 g/mol. The van der Waals surface area contributed by atoms with Crippen LogP contribution in [0.3, 0.4) is 0 Å². The highest BCUT2D eigenvalue weighted by atomic mass is 35.5. The summed E-state index contributed by atoms with van der Waals surface area (Å²) in [5, 5.41) is 13.0. The summed E-state index contributed by atoms with van der Waals surface area (Å²) < 4.78 is 23.8. The molecule has 20 heavy (non-hydrogen) atoms.